The molecule has 0 aromatic carbocycles. The standard InChI is InChI=1S/C14H25NO3S/c1-4-5-10(2)15-13(18)11(3)19-9-14(6-7-14)8-12(16)17/h10-11H,4-9H2,1-3H3,(H,15,18)(H,16,17). The molecule has 1 rings (SSSR count). The second-order valence-corrected chi connectivity index (χ2v) is 7.05. The summed E-state index contributed by atoms with van der Waals surface area (Å²) in [4.78, 5) is 22.7. The van der Waals surface area contributed by atoms with Crippen molar-refractivity contribution in [2.45, 2.75) is 64.2 Å². The molecule has 5 heteroatoms. The van der Waals surface area contributed by atoms with Gasteiger partial charge in [0.2, 0.25) is 5.91 Å². The number of aliphatic carboxylic acids is 1. The molecule has 1 aliphatic rings. The van der Waals surface area contributed by atoms with Gasteiger partial charge in [0, 0.05) is 11.8 Å². The van der Waals surface area contributed by atoms with Crippen molar-refractivity contribution in [2.24, 2.45) is 5.41 Å². The fourth-order valence-electron chi connectivity index (χ4n) is 2.11. The average molecular weight is 287 g/mol. The number of hydrogen-bond acceptors (Lipinski definition) is 3. The quantitative estimate of drug-likeness (QED) is 0.684. The smallest absolute Gasteiger partial charge is 0.303 e. The lowest BCUT2D eigenvalue weighted by molar-refractivity contribution is -0.138. The minimum atomic E-state index is -0.730. The first-order valence-electron chi connectivity index (χ1n) is 7.02. The molecule has 0 bridgehead atoms. The van der Waals surface area contributed by atoms with Gasteiger partial charge in [0.05, 0.1) is 11.7 Å². The van der Waals surface area contributed by atoms with E-state index in [1.807, 2.05) is 13.8 Å². The van der Waals surface area contributed by atoms with Gasteiger partial charge in [-0.2, -0.15) is 0 Å². The molecule has 0 aromatic heterocycles. The maximum atomic E-state index is 11.9. The molecule has 19 heavy (non-hydrogen) atoms. The Morgan fingerprint density at radius 2 is 2.00 bits per heavy atom. The summed E-state index contributed by atoms with van der Waals surface area (Å²) in [6, 6.07) is 0.217. The van der Waals surface area contributed by atoms with Gasteiger partial charge in [-0.1, -0.05) is 13.3 Å². The third kappa shape index (κ3) is 5.85. The van der Waals surface area contributed by atoms with E-state index in [-0.39, 0.29) is 29.0 Å². The van der Waals surface area contributed by atoms with Crippen molar-refractivity contribution < 1.29 is 14.7 Å². The van der Waals surface area contributed by atoms with E-state index in [1.165, 1.54) is 0 Å². The molecular formula is C14H25NO3S. The van der Waals surface area contributed by atoms with Crippen LogP contribution in [0.1, 0.15) is 52.9 Å². The molecule has 0 heterocycles. The number of carbonyl (C=O) groups is 2. The van der Waals surface area contributed by atoms with Gasteiger partial charge in [0.1, 0.15) is 0 Å². The molecule has 1 fully saturated rings. The fraction of sp³-hybridized carbons (Fsp3) is 0.857. The van der Waals surface area contributed by atoms with E-state index in [4.69, 9.17) is 5.11 Å². The summed E-state index contributed by atoms with van der Waals surface area (Å²) < 4.78 is 0. The van der Waals surface area contributed by atoms with Crippen molar-refractivity contribution in [3.05, 3.63) is 0 Å². The zero-order chi connectivity index (χ0) is 14.5. The molecule has 0 aliphatic heterocycles. The average Bonchev–Trinajstić information content (AvgIpc) is 3.05. The number of rotatable bonds is 9. The monoisotopic (exact) mass is 287 g/mol. The zero-order valence-electron chi connectivity index (χ0n) is 12.1. The number of amides is 1. The molecule has 0 spiro atoms. The van der Waals surface area contributed by atoms with Crippen molar-refractivity contribution in [1.29, 1.82) is 0 Å². The predicted octanol–water partition coefficient (Wildman–Crippen LogP) is 2.67. The summed E-state index contributed by atoms with van der Waals surface area (Å²) in [7, 11) is 0. The van der Waals surface area contributed by atoms with Crippen LogP contribution in [0.25, 0.3) is 0 Å². The van der Waals surface area contributed by atoms with Crippen molar-refractivity contribution in [3.8, 4) is 0 Å². The highest BCUT2D eigenvalue weighted by atomic mass is 32.2. The SMILES string of the molecule is CCCC(C)NC(=O)C(C)SCC1(CC(=O)O)CC1. The summed E-state index contributed by atoms with van der Waals surface area (Å²) in [5.74, 6) is 0.111. The Morgan fingerprint density at radius 3 is 2.47 bits per heavy atom. The lowest BCUT2D eigenvalue weighted by atomic mass is 10.1. The number of hydrogen-bond donors (Lipinski definition) is 2. The van der Waals surface area contributed by atoms with Crippen LogP contribution in [0.4, 0.5) is 0 Å². The highest BCUT2D eigenvalue weighted by Gasteiger charge is 2.44. The van der Waals surface area contributed by atoms with E-state index >= 15 is 0 Å². The number of carboxylic acid groups (broad SMARTS) is 1. The second kappa shape index (κ2) is 7.17. The molecule has 4 nitrogen and oxygen atoms in total. The van der Waals surface area contributed by atoms with Crippen molar-refractivity contribution in [3.63, 3.8) is 0 Å². The first-order valence-corrected chi connectivity index (χ1v) is 8.07. The van der Waals surface area contributed by atoms with Crippen molar-refractivity contribution in [2.75, 3.05) is 5.75 Å². The number of carboxylic acids is 1. The molecule has 110 valence electrons. The van der Waals surface area contributed by atoms with E-state index in [0.29, 0.717) is 0 Å². The van der Waals surface area contributed by atoms with E-state index < -0.39 is 5.97 Å². The Balaban J connectivity index is 2.29. The molecule has 2 atom stereocenters. The Labute approximate surface area is 119 Å². The summed E-state index contributed by atoms with van der Waals surface area (Å²) >= 11 is 1.58. The largest absolute Gasteiger partial charge is 0.481 e. The van der Waals surface area contributed by atoms with Gasteiger partial charge < -0.3 is 10.4 Å². The van der Waals surface area contributed by atoms with Crippen LogP contribution >= 0.6 is 11.8 Å². The first-order chi connectivity index (χ1) is 8.88. The van der Waals surface area contributed by atoms with Gasteiger partial charge in [-0.3, -0.25) is 9.59 Å². The first kappa shape index (κ1) is 16.3. The number of thioether (sulfide) groups is 1. The molecule has 2 N–H and O–H groups in total. The molecule has 0 saturated heterocycles. The highest BCUT2D eigenvalue weighted by molar-refractivity contribution is 8.00. The Hall–Kier alpha value is -0.710. The van der Waals surface area contributed by atoms with Gasteiger partial charge in [0.25, 0.3) is 0 Å². The van der Waals surface area contributed by atoms with E-state index in [0.717, 1.165) is 31.4 Å². The zero-order valence-corrected chi connectivity index (χ0v) is 12.9. The molecule has 1 amide bonds. The second-order valence-electron chi connectivity index (χ2n) is 5.72. The summed E-state index contributed by atoms with van der Waals surface area (Å²) in [5.41, 5.74) is -0.0416. The van der Waals surface area contributed by atoms with Crippen LogP contribution in [0.2, 0.25) is 0 Å². The van der Waals surface area contributed by atoms with Crippen LogP contribution in [0.5, 0.6) is 0 Å². The Bertz CT molecular complexity index is 329. The van der Waals surface area contributed by atoms with Crippen molar-refractivity contribution >= 4 is 23.6 Å². The number of nitrogens with one attached hydrogen (secondary N) is 1. The lowest BCUT2D eigenvalue weighted by Gasteiger charge is -2.19. The van der Waals surface area contributed by atoms with Crippen molar-refractivity contribution in [1.82, 2.24) is 5.32 Å². The maximum Gasteiger partial charge on any atom is 0.303 e. The predicted molar refractivity (Wildman–Crippen MR) is 78.4 cm³/mol. The summed E-state index contributed by atoms with van der Waals surface area (Å²) in [6.45, 7) is 6.02. The summed E-state index contributed by atoms with van der Waals surface area (Å²) in [6.07, 6.45) is 4.25. The van der Waals surface area contributed by atoms with Gasteiger partial charge in [0.15, 0.2) is 0 Å². The molecule has 1 saturated carbocycles. The van der Waals surface area contributed by atoms with Crippen LogP contribution in [0.3, 0.4) is 0 Å². The number of carbonyl (C=O) groups excluding carboxylic acids is 1. The molecule has 0 radical (unpaired) electrons. The van der Waals surface area contributed by atoms with Crippen LogP contribution in [-0.2, 0) is 9.59 Å². The minimum Gasteiger partial charge on any atom is -0.481 e. The fourth-order valence-corrected chi connectivity index (χ4v) is 3.33. The van der Waals surface area contributed by atoms with Gasteiger partial charge in [-0.15, -0.1) is 11.8 Å². The van der Waals surface area contributed by atoms with Crippen LogP contribution in [0, 0.1) is 5.41 Å². The third-order valence-electron chi connectivity index (χ3n) is 3.60. The molecular weight excluding hydrogens is 262 g/mol. The van der Waals surface area contributed by atoms with E-state index in [2.05, 4.69) is 12.2 Å². The molecule has 0 aromatic rings. The van der Waals surface area contributed by atoms with Gasteiger partial charge >= 0.3 is 5.97 Å². The normalized spacial score (nSPS) is 19.5. The Kier molecular flexibility index (Phi) is 6.17. The van der Waals surface area contributed by atoms with Crippen LogP contribution < -0.4 is 5.32 Å². The van der Waals surface area contributed by atoms with E-state index in [9.17, 15) is 9.59 Å². The lowest BCUT2D eigenvalue weighted by Crippen LogP contribution is -2.37. The minimum absolute atomic E-state index is 0.0416. The topological polar surface area (TPSA) is 66.4 Å². The Morgan fingerprint density at radius 1 is 1.37 bits per heavy atom. The van der Waals surface area contributed by atoms with Crippen LogP contribution in [0.15, 0.2) is 0 Å². The highest BCUT2D eigenvalue weighted by Crippen LogP contribution is 2.51. The summed E-state index contributed by atoms with van der Waals surface area (Å²) in [5, 5.41) is 11.7. The van der Waals surface area contributed by atoms with E-state index in [1.54, 1.807) is 11.8 Å². The third-order valence-corrected chi connectivity index (χ3v) is 5.10. The maximum absolute atomic E-state index is 11.9. The van der Waals surface area contributed by atoms with Gasteiger partial charge in [-0.05, 0) is 38.5 Å². The van der Waals surface area contributed by atoms with Crippen LogP contribution in [-0.4, -0.2) is 34.0 Å². The van der Waals surface area contributed by atoms with Gasteiger partial charge in [-0.25, -0.2) is 0 Å². The molecule has 2 unspecified atom stereocenters. The molecule has 1 aliphatic carbocycles.